The predicted molar refractivity (Wildman–Crippen MR) is 91.6 cm³/mol. The van der Waals surface area contributed by atoms with E-state index in [4.69, 9.17) is 16.3 Å². The Balaban J connectivity index is 1.91. The fourth-order valence-electron chi connectivity index (χ4n) is 2.07. The molecule has 0 bridgehead atoms. The third-order valence-electron chi connectivity index (χ3n) is 3.41. The predicted octanol–water partition coefficient (Wildman–Crippen LogP) is 4.83. The Bertz CT molecular complexity index is 845. The van der Waals surface area contributed by atoms with E-state index in [0.29, 0.717) is 10.8 Å². The van der Waals surface area contributed by atoms with Gasteiger partial charge in [-0.25, -0.2) is 4.98 Å². The molecule has 0 spiro atoms. The molecule has 0 fully saturated rings. The molecule has 0 aliphatic carbocycles. The largest absolute Gasteiger partial charge is 0.425 e. The molecule has 0 saturated carbocycles. The van der Waals surface area contributed by atoms with E-state index in [-0.39, 0.29) is 5.97 Å². The average molecular weight is 329 g/mol. The lowest BCUT2D eigenvalue weighted by atomic mass is 9.97. The summed E-state index contributed by atoms with van der Waals surface area (Å²) in [6.07, 6.45) is 0. The number of esters is 1. The number of aromatic nitrogens is 2. The molecule has 1 N–H and O–H groups in total. The molecule has 2 aromatic carbocycles. The van der Waals surface area contributed by atoms with Crippen LogP contribution < -0.4 is 4.74 Å². The monoisotopic (exact) mass is 328 g/mol. The van der Waals surface area contributed by atoms with Gasteiger partial charge < -0.3 is 9.72 Å². The molecule has 0 amide bonds. The second-order valence-corrected chi connectivity index (χ2v) is 6.79. The zero-order valence-electron chi connectivity index (χ0n) is 13.2. The first-order valence-corrected chi connectivity index (χ1v) is 7.69. The van der Waals surface area contributed by atoms with Gasteiger partial charge in [0, 0.05) is 5.56 Å². The van der Waals surface area contributed by atoms with E-state index in [1.165, 1.54) is 0 Å². The van der Waals surface area contributed by atoms with E-state index in [2.05, 4.69) is 9.97 Å². The third-order valence-corrected chi connectivity index (χ3v) is 3.71. The van der Waals surface area contributed by atoms with E-state index in [1.807, 2.05) is 30.3 Å². The Morgan fingerprint density at radius 1 is 1.17 bits per heavy atom. The van der Waals surface area contributed by atoms with Gasteiger partial charge in [-0.2, -0.15) is 0 Å². The highest BCUT2D eigenvalue weighted by Gasteiger charge is 2.24. The lowest BCUT2D eigenvalue weighted by Gasteiger charge is -2.17. The number of ether oxygens (including phenoxy) is 1. The summed E-state index contributed by atoms with van der Waals surface area (Å²) < 4.78 is 5.36. The van der Waals surface area contributed by atoms with Gasteiger partial charge in [0.15, 0.2) is 0 Å². The molecule has 23 heavy (non-hydrogen) atoms. The van der Waals surface area contributed by atoms with Crippen LogP contribution in [0.1, 0.15) is 20.8 Å². The summed E-state index contributed by atoms with van der Waals surface area (Å²) in [5.74, 6) is 0.754. The van der Waals surface area contributed by atoms with E-state index in [9.17, 15) is 4.79 Å². The van der Waals surface area contributed by atoms with Crippen LogP contribution >= 0.6 is 11.6 Å². The molecule has 0 unspecified atom stereocenters. The van der Waals surface area contributed by atoms with E-state index < -0.39 is 5.41 Å². The SMILES string of the molecule is CC(C)(C)C(=O)Oc1ccc(-c2nc3ccccc3[nH]2)cc1Cl. The molecule has 1 aromatic heterocycles. The Morgan fingerprint density at radius 3 is 2.57 bits per heavy atom. The minimum absolute atomic E-state index is 0.323. The number of aromatic amines is 1. The summed E-state index contributed by atoms with van der Waals surface area (Å²) in [5, 5.41) is 0.376. The molecule has 4 nitrogen and oxygen atoms in total. The summed E-state index contributed by atoms with van der Waals surface area (Å²) in [6.45, 7) is 5.39. The molecule has 3 rings (SSSR count). The Hall–Kier alpha value is -2.33. The lowest BCUT2D eigenvalue weighted by Crippen LogP contribution is -2.25. The number of rotatable bonds is 2. The second-order valence-electron chi connectivity index (χ2n) is 6.39. The van der Waals surface area contributed by atoms with Crippen molar-refractivity contribution in [3.05, 3.63) is 47.5 Å². The first-order valence-electron chi connectivity index (χ1n) is 7.31. The number of hydrogen-bond acceptors (Lipinski definition) is 3. The number of hydrogen-bond donors (Lipinski definition) is 1. The summed E-state index contributed by atoms with van der Waals surface area (Å²) in [5.41, 5.74) is 2.10. The maximum absolute atomic E-state index is 12.0. The van der Waals surface area contributed by atoms with Crippen molar-refractivity contribution in [1.82, 2.24) is 9.97 Å². The Labute approximate surface area is 139 Å². The van der Waals surface area contributed by atoms with Crippen LogP contribution in [-0.2, 0) is 4.79 Å². The zero-order valence-corrected chi connectivity index (χ0v) is 13.9. The van der Waals surface area contributed by atoms with Crippen LogP contribution in [0.3, 0.4) is 0 Å². The first kappa shape index (κ1) is 15.6. The number of carbonyl (C=O) groups excluding carboxylic acids is 1. The van der Waals surface area contributed by atoms with Gasteiger partial charge in [0.05, 0.1) is 21.5 Å². The standard InChI is InChI=1S/C18H17ClN2O2/c1-18(2,3)17(22)23-15-9-8-11(10-12(15)19)16-20-13-6-4-5-7-14(13)21-16/h4-10H,1-3H3,(H,20,21). The third kappa shape index (κ3) is 3.22. The molecular weight excluding hydrogens is 312 g/mol. The zero-order chi connectivity index (χ0) is 16.6. The van der Waals surface area contributed by atoms with Crippen LogP contribution in [0.5, 0.6) is 5.75 Å². The highest BCUT2D eigenvalue weighted by atomic mass is 35.5. The lowest BCUT2D eigenvalue weighted by molar-refractivity contribution is -0.142. The number of benzene rings is 2. The van der Waals surface area contributed by atoms with E-state index >= 15 is 0 Å². The van der Waals surface area contributed by atoms with Crippen molar-refractivity contribution in [2.75, 3.05) is 0 Å². The fraction of sp³-hybridized carbons (Fsp3) is 0.222. The maximum Gasteiger partial charge on any atom is 0.316 e. The molecule has 0 saturated heterocycles. The van der Waals surface area contributed by atoms with Crippen molar-refractivity contribution in [3.63, 3.8) is 0 Å². The van der Waals surface area contributed by atoms with Crippen LogP contribution in [0.25, 0.3) is 22.4 Å². The Kier molecular flexibility index (Phi) is 3.86. The smallest absolute Gasteiger partial charge is 0.316 e. The number of nitrogens with one attached hydrogen (secondary N) is 1. The minimum atomic E-state index is -0.583. The highest BCUT2D eigenvalue weighted by molar-refractivity contribution is 6.32. The summed E-state index contributed by atoms with van der Waals surface area (Å²) in [6, 6.07) is 13.1. The number of fused-ring (bicyclic) bond motifs is 1. The quantitative estimate of drug-likeness (QED) is 0.541. The van der Waals surface area contributed by atoms with Crippen molar-refractivity contribution in [2.24, 2.45) is 5.41 Å². The molecule has 118 valence electrons. The first-order chi connectivity index (χ1) is 10.8. The van der Waals surface area contributed by atoms with Crippen molar-refractivity contribution >= 4 is 28.6 Å². The van der Waals surface area contributed by atoms with Crippen molar-refractivity contribution in [3.8, 4) is 17.1 Å². The summed E-state index contributed by atoms with van der Waals surface area (Å²) in [4.78, 5) is 19.7. The number of halogens is 1. The van der Waals surface area contributed by atoms with Crippen LogP contribution in [0, 0.1) is 5.41 Å². The van der Waals surface area contributed by atoms with Gasteiger partial charge in [-0.1, -0.05) is 23.7 Å². The molecule has 0 radical (unpaired) electrons. The molecule has 0 atom stereocenters. The van der Waals surface area contributed by atoms with Crippen LogP contribution in [0.2, 0.25) is 5.02 Å². The van der Waals surface area contributed by atoms with Gasteiger partial charge in [0.2, 0.25) is 0 Å². The van der Waals surface area contributed by atoms with Gasteiger partial charge in [-0.3, -0.25) is 4.79 Å². The van der Waals surface area contributed by atoms with Crippen LogP contribution in [0.15, 0.2) is 42.5 Å². The number of carbonyl (C=O) groups is 1. The van der Waals surface area contributed by atoms with Crippen molar-refractivity contribution in [1.29, 1.82) is 0 Å². The number of nitrogens with zero attached hydrogens (tertiary/aromatic N) is 1. The molecule has 1 heterocycles. The topological polar surface area (TPSA) is 55.0 Å². The second kappa shape index (κ2) is 5.70. The molecule has 5 heteroatoms. The van der Waals surface area contributed by atoms with Crippen molar-refractivity contribution in [2.45, 2.75) is 20.8 Å². The fourth-order valence-corrected chi connectivity index (χ4v) is 2.29. The van der Waals surface area contributed by atoms with Gasteiger partial charge >= 0.3 is 5.97 Å². The number of H-pyrrole nitrogens is 1. The molecule has 0 aliphatic heterocycles. The number of para-hydroxylation sites is 2. The maximum atomic E-state index is 12.0. The van der Waals surface area contributed by atoms with Gasteiger partial charge in [0.25, 0.3) is 0 Å². The van der Waals surface area contributed by atoms with Gasteiger partial charge in [0.1, 0.15) is 11.6 Å². The molecule has 0 aliphatic rings. The normalized spacial score (nSPS) is 11.7. The summed E-state index contributed by atoms with van der Waals surface area (Å²) in [7, 11) is 0. The number of imidazole rings is 1. The van der Waals surface area contributed by atoms with E-state index in [0.717, 1.165) is 22.4 Å². The van der Waals surface area contributed by atoms with Crippen LogP contribution in [0.4, 0.5) is 0 Å². The average Bonchev–Trinajstić information content (AvgIpc) is 2.92. The van der Waals surface area contributed by atoms with Crippen LogP contribution in [-0.4, -0.2) is 15.9 Å². The van der Waals surface area contributed by atoms with Crippen molar-refractivity contribution < 1.29 is 9.53 Å². The van der Waals surface area contributed by atoms with E-state index in [1.54, 1.807) is 32.9 Å². The minimum Gasteiger partial charge on any atom is -0.425 e. The van der Waals surface area contributed by atoms with Gasteiger partial charge in [-0.15, -0.1) is 0 Å². The summed E-state index contributed by atoms with van der Waals surface area (Å²) >= 11 is 6.25. The molecular formula is C18H17ClN2O2. The van der Waals surface area contributed by atoms with Gasteiger partial charge in [-0.05, 0) is 51.1 Å². The Morgan fingerprint density at radius 2 is 1.91 bits per heavy atom. The highest BCUT2D eigenvalue weighted by Crippen LogP contribution is 2.31. The molecule has 3 aromatic rings.